The molecular formula is C19H20FN3O. The predicted octanol–water partition coefficient (Wildman–Crippen LogP) is 3.31. The monoisotopic (exact) mass is 325 g/mol. The minimum Gasteiger partial charge on any atom is -0.496 e. The molecule has 1 atom stereocenters. The SMILES string of the molecule is COc1ccc(F)cc1CCNC1CCCc2nc(C#N)ccc21. The Labute approximate surface area is 141 Å². The van der Waals surface area contributed by atoms with Gasteiger partial charge in [-0.15, -0.1) is 0 Å². The summed E-state index contributed by atoms with van der Waals surface area (Å²) in [6.07, 6.45) is 3.70. The van der Waals surface area contributed by atoms with Crippen molar-refractivity contribution in [3.63, 3.8) is 0 Å². The number of fused-ring (bicyclic) bond motifs is 1. The van der Waals surface area contributed by atoms with Crippen LogP contribution in [0.2, 0.25) is 0 Å². The van der Waals surface area contributed by atoms with Crippen LogP contribution in [0.15, 0.2) is 30.3 Å². The molecule has 0 fully saturated rings. The van der Waals surface area contributed by atoms with Crippen LogP contribution in [0.1, 0.15) is 41.4 Å². The summed E-state index contributed by atoms with van der Waals surface area (Å²) in [5, 5.41) is 12.5. The van der Waals surface area contributed by atoms with Gasteiger partial charge in [-0.3, -0.25) is 0 Å². The van der Waals surface area contributed by atoms with Crippen molar-refractivity contribution in [2.45, 2.75) is 31.7 Å². The van der Waals surface area contributed by atoms with Crippen molar-refractivity contribution in [1.82, 2.24) is 10.3 Å². The summed E-state index contributed by atoms with van der Waals surface area (Å²) in [5.74, 6) is 0.463. The van der Waals surface area contributed by atoms with E-state index < -0.39 is 0 Å². The van der Waals surface area contributed by atoms with Crippen LogP contribution in [0.4, 0.5) is 4.39 Å². The fraction of sp³-hybridized carbons (Fsp3) is 0.368. The lowest BCUT2D eigenvalue weighted by atomic mass is 9.91. The maximum atomic E-state index is 13.4. The van der Waals surface area contributed by atoms with Gasteiger partial charge in [0.25, 0.3) is 0 Å². The number of methoxy groups -OCH3 is 1. The molecule has 2 aromatic rings. The molecule has 1 aromatic heterocycles. The Bertz CT molecular complexity index is 770. The lowest BCUT2D eigenvalue weighted by Gasteiger charge is -2.26. The Balaban J connectivity index is 1.67. The van der Waals surface area contributed by atoms with Crippen LogP contribution in [-0.2, 0) is 12.8 Å². The maximum absolute atomic E-state index is 13.4. The molecule has 0 aliphatic heterocycles. The molecule has 1 N–H and O–H groups in total. The highest BCUT2D eigenvalue weighted by atomic mass is 19.1. The molecule has 0 saturated heterocycles. The van der Waals surface area contributed by atoms with Gasteiger partial charge in [0.2, 0.25) is 0 Å². The second kappa shape index (κ2) is 7.41. The number of nitrogens with zero attached hydrogens (tertiary/aromatic N) is 2. The number of halogens is 1. The first kappa shape index (κ1) is 16.4. The van der Waals surface area contributed by atoms with Gasteiger partial charge in [0.15, 0.2) is 0 Å². The van der Waals surface area contributed by atoms with Gasteiger partial charge in [0, 0.05) is 11.7 Å². The van der Waals surface area contributed by atoms with E-state index in [2.05, 4.69) is 16.4 Å². The normalized spacial score (nSPS) is 16.3. The van der Waals surface area contributed by atoms with Gasteiger partial charge >= 0.3 is 0 Å². The number of nitrogens with one attached hydrogen (secondary N) is 1. The zero-order valence-electron chi connectivity index (χ0n) is 13.7. The molecule has 1 aliphatic carbocycles. The Morgan fingerprint density at radius 3 is 3.04 bits per heavy atom. The van der Waals surface area contributed by atoms with E-state index >= 15 is 0 Å². The number of hydrogen-bond acceptors (Lipinski definition) is 4. The van der Waals surface area contributed by atoms with E-state index in [0.717, 1.165) is 37.1 Å². The summed E-state index contributed by atoms with van der Waals surface area (Å²) in [6.45, 7) is 0.726. The molecular weight excluding hydrogens is 305 g/mol. The van der Waals surface area contributed by atoms with Crippen LogP contribution < -0.4 is 10.1 Å². The van der Waals surface area contributed by atoms with E-state index in [0.29, 0.717) is 17.9 Å². The van der Waals surface area contributed by atoms with Crippen LogP contribution in [0.25, 0.3) is 0 Å². The molecule has 0 spiro atoms. The van der Waals surface area contributed by atoms with Crippen molar-refractivity contribution in [3.8, 4) is 11.8 Å². The molecule has 1 aliphatic rings. The van der Waals surface area contributed by atoms with Crippen molar-refractivity contribution in [2.75, 3.05) is 13.7 Å². The highest BCUT2D eigenvalue weighted by molar-refractivity contribution is 5.35. The number of aromatic nitrogens is 1. The van der Waals surface area contributed by atoms with Crippen LogP contribution in [0, 0.1) is 17.1 Å². The van der Waals surface area contributed by atoms with Crippen molar-refractivity contribution in [1.29, 1.82) is 5.26 Å². The Morgan fingerprint density at radius 2 is 2.25 bits per heavy atom. The molecule has 1 heterocycles. The van der Waals surface area contributed by atoms with Gasteiger partial charge in [-0.05, 0) is 67.6 Å². The van der Waals surface area contributed by atoms with E-state index in [1.807, 2.05) is 6.07 Å². The van der Waals surface area contributed by atoms with Crippen molar-refractivity contribution < 1.29 is 9.13 Å². The highest BCUT2D eigenvalue weighted by Crippen LogP contribution is 2.29. The summed E-state index contributed by atoms with van der Waals surface area (Å²) in [5.41, 5.74) is 3.52. The summed E-state index contributed by atoms with van der Waals surface area (Å²) in [4.78, 5) is 4.42. The molecule has 0 saturated carbocycles. The molecule has 0 radical (unpaired) electrons. The standard InChI is InChI=1S/C19H20FN3O/c1-24-19-8-5-14(20)11-13(19)9-10-22-17-3-2-4-18-16(17)7-6-15(12-21)23-18/h5-8,11,17,22H,2-4,9-10H2,1H3. The van der Waals surface area contributed by atoms with Crippen LogP contribution >= 0.6 is 0 Å². The molecule has 4 nitrogen and oxygen atoms in total. The fourth-order valence-electron chi connectivity index (χ4n) is 3.26. The van der Waals surface area contributed by atoms with Crippen LogP contribution in [0.5, 0.6) is 5.75 Å². The van der Waals surface area contributed by atoms with Gasteiger partial charge in [0.1, 0.15) is 23.3 Å². The average Bonchev–Trinajstić information content (AvgIpc) is 2.61. The zero-order chi connectivity index (χ0) is 16.9. The number of aryl methyl sites for hydroxylation is 1. The van der Waals surface area contributed by atoms with E-state index in [1.54, 1.807) is 19.2 Å². The number of pyridine rings is 1. The fourth-order valence-corrected chi connectivity index (χ4v) is 3.26. The third-order valence-corrected chi connectivity index (χ3v) is 4.43. The largest absolute Gasteiger partial charge is 0.496 e. The second-order valence-electron chi connectivity index (χ2n) is 5.95. The van der Waals surface area contributed by atoms with E-state index in [4.69, 9.17) is 10.00 Å². The Hall–Kier alpha value is -2.45. The third kappa shape index (κ3) is 3.55. The highest BCUT2D eigenvalue weighted by Gasteiger charge is 2.21. The Kier molecular flexibility index (Phi) is 5.07. The summed E-state index contributed by atoms with van der Waals surface area (Å²) >= 11 is 0. The van der Waals surface area contributed by atoms with E-state index in [9.17, 15) is 4.39 Å². The number of rotatable bonds is 5. The molecule has 24 heavy (non-hydrogen) atoms. The minimum atomic E-state index is -0.248. The second-order valence-corrected chi connectivity index (χ2v) is 5.95. The lowest BCUT2D eigenvalue weighted by molar-refractivity contribution is 0.405. The number of nitriles is 1. The number of hydrogen-bond donors (Lipinski definition) is 1. The van der Waals surface area contributed by atoms with Gasteiger partial charge in [-0.2, -0.15) is 5.26 Å². The zero-order valence-corrected chi connectivity index (χ0v) is 13.7. The quantitative estimate of drug-likeness (QED) is 0.916. The third-order valence-electron chi connectivity index (χ3n) is 4.43. The summed E-state index contributed by atoms with van der Waals surface area (Å²) in [6, 6.07) is 10.7. The predicted molar refractivity (Wildman–Crippen MR) is 89.3 cm³/mol. The molecule has 0 bridgehead atoms. The molecule has 124 valence electrons. The topological polar surface area (TPSA) is 57.9 Å². The summed E-state index contributed by atoms with van der Waals surface area (Å²) < 4.78 is 18.7. The number of ether oxygens (including phenoxy) is 1. The van der Waals surface area contributed by atoms with Crippen LogP contribution in [-0.4, -0.2) is 18.6 Å². The Morgan fingerprint density at radius 1 is 1.38 bits per heavy atom. The first-order valence-electron chi connectivity index (χ1n) is 8.17. The smallest absolute Gasteiger partial charge is 0.140 e. The summed E-state index contributed by atoms with van der Waals surface area (Å²) in [7, 11) is 1.60. The number of benzene rings is 1. The average molecular weight is 325 g/mol. The molecule has 1 unspecified atom stereocenters. The van der Waals surface area contributed by atoms with Gasteiger partial charge in [0.05, 0.1) is 7.11 Å². The first-order chi connectivity index (χ1) is 11.7. The lowest BCUT2D eigenvalue weighted by Crippen LogP contribution is -2.27. The molecule has 3 rings (SSSR count). The molecule has 5 heteroatoms. The van der Waals surface area contributed by atoms with Gasteiger partial charge in [-0.25, -0.2) is 9.37 Å². The maximum Gasteiger partial charge on any atom is 0.140 e. The van der Waals surface area contributed by atoms with Gasteiger partial charge in [-0.1, -0.05) is 6.07 Å². The van der Waals surface area contributed by atoms with E-state index in [1.165, 1.54) is 17.7 Å². The van der Waals surface area contributed by atoms with E-state index in [-0.39, 0.29) is 11.9 Å². The van der Waals surface area contributed by atoms with Crippen molar-refractivity contribution >= 4 is 0 Å². The van der Waals surface area contributed by atoms with Crippen LogP contribution in [0.3, 0.4) is 0 Å². The van der Waals surface area contributed by atoms with Gasteiger partial charge < -0.3 is 10.1 Å². The van der Waals surface area contributed by atoms with Crippen molar-refractivity contribution in [3.05, 3.63) is 58.7 Å². The van der Waals surface area contributed by atoms with Crippen molar-refractivity contribution in [2.24, 2.45) is 0 Å². The minimum absolute atomic E-state index is 0.230. The molecule has 1 aromatic carbocycles. The molecule has 0 amide bonds. The first-order valence-corrected chi connectivity index (χ1v) is 8.17.